The van der Waals surface area contributed by atoms with Crippen LogP contribution in [0.1, 0.15) is 5.56 Å². The summed E-state index contributed by atoms with van der Waals surface area (Å²) in [7, 11) is -3.68. The lowest BCUT2D eigenvalue weighted by Gasteiger charge is -2.23. The summed E-state index contributed by atoms with van der Waals surface area (Å²) >= 11 is 10.8. The lowest BCUT2D eigenvalue weighted by atomic mass is 10.2. The molecule has 2 rings (SSSR count). The molecule has 0 radical (unpaired) electrons. The number of rotatable bonds is 5. The van der Waals surface area contributed by atoms with Crippen molar-refractivity contribution in [3.63, 3.8) is 0 Å². The van der Waals surface area contributed by atoms with E-state index in [1.165, 1.54) is 18.2 Å². The molecule has 0 amide bonds. The molecule has 1 fully saturated rings. The van der Waals surface area contributed by atoms with Gasteiger partial charge in [-0.05, 0) is 18.2 Å². The topological polar surface area (TPSA) is 90.7 Å². The second-order valence-corrected chi connectivity index (χ2v) is 7.04. The predicted octanol–water partition coefficient (Wildman–Crippen LogP) is 0.668. The Morgan fingerprint density at radius 3 is 2.81 bits per heavy atom. The van der Waals surface area contributed by atoms with Crippen LogP contribution < -0.4 is 10.5 Å². The van der Waals surface area contributed by atoms with Gasteiger partial charge in [-0.3, -0.25) is 0 Å². The van der Waals surface area contributed by atoms with Gasteiger partial charge in [0.2, 0.25) is 10.0 Å². The Hall–Kier alpha value is -0.770. The maximum absolute atomic E-state index is 12.2. The SMILES string of the molecule is NC(=S)c1ccc(S(=O)(=O)NCC2COCCO2)cc1Cl. The van der Waals surface area contributed by atoms with E-state index in [0.717, 1.165) is 0 Å². The second kappa shape index (κ2) is 6.99. The third kappa shape index (κ3) is 4.35. The molecule has 21 heavy (non-hydrogen) atoms. The van der Waals surface area contributed by atoms with Gasteiger partial charge in [0.1, 0.15) is 4.99 Å². The molecule has 1 heterocycles. The molecule has 6 nitrogen and oxygen atoms in total. The van der Waals surface area contributed by atoms with Crippen LogP contribution in [0.2, 0.25) is 5.02 Å². The molecule has 0 spiro atoms. The Morgan fingerprint density at radius 1 is 1.48 bits per heavy atom. The van der Waals surface area contributed by atoms with Gasteiger partial charge in [-0.2, -0.15) is 0 Å². The number of sulfonamides is 1. The summed E-state index contributed by atoms with van der Waals surface area (Å²) in [5, 5.41) is 0.197. The molecule has 1 aliphatic rings. The average Bonchev–Trinajstić information content (AvgIpc) is 2.46. The Balaban J connectivity index is 2.08. The first kappa shape index (κ1) is 16.6. The molecule has 1 atom stereocenters. The Bertz CT molecular complexity index is 630. The summed E-state index contributed by atoms with van der Waals surface area (Å²) in [5.74, 6) is 0. The zero-order valence-corrected chi connectivity index (χ0v) is 13.4. The van der Waals surface area contributed by atoms with E-state index in [0.29, 0.717) is 25.4 Å². The zero-order valence-electron chi connectivity index (χ0n) is 11.0. The minimum Gasteiger partial charge on any atom is -0.389 e. The van der Waals surface area contributed by atoms with Crippen LogP contribution in [-0.2, 0) is 19.5 Å². The van der Waals surface area contributed by atoms with Crippen LogP contribution in [0.5, 0.6) is 0 Å². The van der Waals surface area contributed by atoms with E-state index in [2.05, 4.69) is 4.72 Å². The van der Waals surface area contributed by atoms with Gasteiger partial charge in [0.25, 0.3) is 0 Å². The summed E-state index contributed by atoms with van der Waals surface area (Å²) in [5.41, 5.74) is 5.92. The maximum Gasteiger partial charge on any atom is 0.240 e. The average molecular weight is 351 g/mol. The van der Waals surface area contributed by atoms with E-state index in [4.69, 9.17) is 39.0 Å². The molecule has 1 saturated heterocycles. The van der Waals surface area contributed by atoms with Crippen molar-refractivity contribution in [1.29, 1.82) is 0 Å². The van der Waals surface area contributed by atoms with Gasteiger partial charge in [0.05, 0.1) is 35.8 Å². The first-order valence-electron chi connectivity index (χ1n) is 6.18. The summed E-state index contributed by atoms with van der Waals surface area (Å²) in [6.45, 7) is 1.49. The lowest BCUT2D eigenvalue weighted by molar-refractivity contribution is -0.0846. The molecule has 1 aromatic carbocycles. The highest BCUT2D eigenvalue weighted by Crippen LogP contribution is 2.20. The first-order chi connectivity index (χ1) is 9.90. The summed E-state index contributed by atoms with van der Waals surface area (Å²) in [4.78, 5) is 0.161. The second-order valence-electron chi connectivity index (χ2n) is 4.43. The van der Waals surface area contributed by atoms with E-state index in [9.17, 15) is 8.42 Å². The van der Waals surface area contributed by atoms with Crippen LogP contribution in [0.15, 0.2) is 23.1 Å². The van der Waals surface area contributed by atoms with Crippen LogP contribution in [0.4, 0.5) is 0 Å². The Morgan fingerprint density at radius 2 is 2.24 bits per heavy atom. The molecule has 0 aliphatic carbocycles. The third-order valence-corrected chi connectivity index (χ3v) is 4.86. The van der Waals surface area contributed by atoms with Gasteiger partial charge in [0.15, 0.2) is 0 Å². The smallest absolute Gasteiger partial charge is 0.240 e. The van der Waals surface area contributed by atoms with Gasteiger partial charge in [0, 0.05) is 12.1 Å². The van der Waals surface area contributed by atoms with Crippen molar-refractivity contribution in [2.24, 2.45) is 5.73 Å². The number of nitrogens with two attached hydrogens (primary N) is 1. The Labute approximate surface area is 133 Å². The molecule has 0 aromatic heterocycles. The third-order valence-electron chi connectivity index (χ3n) is 2.90. The number of ether oxygens (including phenoxy) is 2. The van der Waals surface area contributed by atoms with Gasteiger partial charge >= 0.3 is 0 Å². The van der Waals surface area contributed by atoms with Crippen molar-refractivity contribution in [2.45, 2.75) is 11.0 Å². The highest BCUT2D eigenvalue weighted by Gasteiger charge is 2.20. The normalized spacial score (nSPS) is 19.4. The largest absolute Gasteiger partial charge is 0.389 e. The number of hydrogen-bond donors (Lipinski definition) is 2. The number of nitrogens with one attached hydrogen (secondary N) is 1. The zero-order chi connectivity index (χ0) is 15.5. The van der Waals surface area contributed by atoms with Gasteiger partial charge in [-0.15, -0.1) is 0 Å². The van der Waals surface area contributed by atoms with Crippen molar-refractivity contribution in [1.82, 2.24) is 4.72 Å². The van der Waals surface area contributed by atoms with Gasteiger partial charge < -0.3 is 15.2 Å². The Kier molecular flexibility index (Phi) is 5.53. The highest BCUT2D eigenvalue weighted by atomic mass is 35.5. The highest BCUT2D eigenvalue weighted by molar-refractivity contribution is 7.89. The molecular weight excluding hydrogens is 336 g/mol. The monoisotopic (exact) mass is 350 g/mol. The predicted molar refractivity (Wildman–Crippen MR) is 83.1 cm³/mol. The van der Waals surface area contributed by atoms with Gasteiger partial charge in [-0.1, -0.05) is 23.8 Å². The number of halogens is 1. The molecule has 1 unspecified atom stereocenters. The van der Waals surface area contributed by atoms with Crippen LogP contribution in [0.3, 0.4) is 0 Å². The number of thiocarbonyl (C=S) groups is 1. The van der Waals surface area contributed by atoms with Crippen molar-refractivity contribution in [3.05, 3.63) is 28.8 Å². The fraction of sp³-hybridized carbons (Fsp3) is 0.417. The lowest BCUT2D eigenvalue weighted by Crippen LogP contribution is -2.39. The molecular formula is C12H15ClN2O4S2. The van der Waals surface area contributed by atoms with Crippen molar-refractivity contribution in [2.75, 3.05) is 26.4 Å². The molecule has 9 heteroatoms. The van der Waals surface area contributed by atoms with Crippen LogP contribution >= 0.6 is 23.8 Å². The minimum atomic E-state index is -3.68. The van der Waals surface area contributed by atoms with E-state index >= 15 is 0 Å². The van der Waals surface area contributed by atoms with Crippen LogP contribution in [-0.4, -0.2) is 45.9 Å². The van der Waals surface area contributed by atoms with E-state index < -0.39 is 10.0 Å². The molecule has 3 N–H and O–H groups in total. The maximum atomic E-state index is 12.2. The summed E-state index contributed by atoms with van der Waals surface area (Å²) < 4.78 is 37.4. The van der Waals surface area contributed by atoms with Crippen molar-refractivity contribution < 1.29 is 17.9 Å². The van der Waals surface area contributed by atoms with Crippen molar-refractivity contribution >= 4 is 38.8 Å². The van der Waals surface area contributed by atoms with Gasteiger partial charge in [-0.25, -0.2) is 13.1 Å². The van der Waals surface area contributed by atoms with E-state index in [1.54, 1.807) is 0 Å². The first-order valence-corrected chi connectivity index (χ1v) is 8.45. The fourth-order valence-electron chi connectivity index (χ4n) is 1.80. The quantitative estimate of drug-likeness (QED) is 0.758. The summed E-state index contributed by atoms with van der Waals surface area (Å²) in [6.07, 6.45) is -0.292. The molecule has 116 valence electrons. The molecule has 1 aromatic rings. The standard InChI is InChI=1S/C12H15ClN2O4S2/c13-11-5-9(1-2-10(11)12(14)20)21(16,17)15-6-8-7-18-3-4-19-8/h1-2,5,8,15H,3-4,6-7H2,(H2,14,20). The number of benzene rings is 1. The van der Waals surface area contributed by atoms with E-state index in [-0.39, 0.29) is 27.6 Å². The summed E-state index contributed by atoms with van der Waals surface area (Å²) in [6, 6.07) is 4.21. The minimum absolute atomic E-state index is 0.0456. The number of hydrogen-bond acceptors (Lipinski definition) is 5. The molecule has 1 aliphatic heterocycles. The van der Waals surface area contributed by atoms with Crippen molar-refractivity contribution in [3.8, 4) is 0 Å². The molecule has 0 saturated carbocycles. The van der Waals surface area contributed by atoms with Crippen LogP contribution in [0, 0.1) is 0 Å². The fourth-order valence-corrected chi connectivity index (χ4v) is 3.48. The van der Waals surface area contributed by atoms with Crippen LogP contribution in [0.25, 0.3) is 0 Å². The van der Waals surface area contributed by atoms with E-state index in [1.807, 2.05) is 0 Å². The molecule has 0 bridgehead atoms.